The van der Waals surface area contributed by atoms with Gasteiger partial charge in [-0.3, -0.25) is 24.0 Å². The summed E-state index contributed by atoms with van der Waals surface area (Å²) in [6, 6.07) is 5.29. The third kappa shape index (κ3) is 4.67. The van der Waals surface area contributed by atoms with Crippen molar-refractivity contribution in [1.29, 1.82) is 0 Å². The highest BCUT2D eigenvalue weighted by Crippen LogP contribution is 2.49. The molecule has 10 heteroatoms. The lowest BCUT2D eigenvalue weighted by Crippen LogP contribution is -2.52. The number of hydrogen-bond donors (Lipinski definition) is 2. The van der Waals surface area contributed by atoms with Crippen LogP contribution in [0.25, 0.3) is 11.0 Å². The second-order valence-corrected chi connectivity index (χ2v) is 11.8. The molecule has 1 aromatic heterocycles. The first-order valence-corrected chi connectivity index (χ1v) is 13.2. The van der Waals surface area contributed by atoms with E-state index in [-0.39, 0.29) is 35.4 Å². The van der Waals surface area contributed by atoms with E-state index in [2.05, 4.69) is 10.6 Å². The molecule has 2 atom stereocenters. The van der Waals surface area contributed by atoms with Gasteiger partial charge < -0.3 is 15.0 Å². The molecule has 3 amide bonds. The van der Waals surface area contributed by atoms with Crippen molar-refractivity contribution in [2.45, 2.75) is 70.4 Å². The number of aromatic nitrogens is 2. The van der Waals surface area contributed by atoms with Crippen LogP contribution in [0.5, 0.6) is 0 Å². The number of ether oxygens (including phenoxy) is 1. The highest BCUT2D eigenvalue weighted by atomic mass is 16.6. The van der Waals surface area contributed by atoms with Gasteiger partial charge in [0.05, 0.1) is 11.0 Å². The van der Waals surface area contributed by atoms with E-state index in [9.17, 15) is 19.2 Å². The molecule has 0 saturated carbocycles. The van der Waals surface area contributed by atoms with Gasteiger partial charge in [-0.1, -0.05) is 6.07 Å². The Morgan fingerprint density at radius 1 is 1.08 bits per heavy atom. The Bertz CT molecular complexity index is 1300. The number of imidazole rings is 1. The molecule has 3 fully saturated rings. The number of likely N-dealkylation sites (tertiary alicyclic amines) is 1. The van der Waals surface area contributed by atoms with Crippen molar-refractivity contribution in [3.63, 3.8) is 0 Å². The molecule has 1 aromatic carbocycles. The van der Waals surface area contributed by atoms with Gasteiger partial charge in [-0.05, 0) is 82.7 Å². The fourth-order valence-electron chi connectivity index (χ4n) is 6.34. The van der Waals surface area contributed by atoms with Crippen molar-refractivity contribution in [1.82, 2.24) is 24.7 Å². The summed E-state index contributed by atoms with van der Waals surface area (Å²) in [6.07, 6.45) is 3.15. The molecule has 3 aliphatic rings. The van der Waals surface area contributed by atoms with Gasteiger partial charge in [0.25, 0.3) is 0 Å². The van der Waals surface area contributed by atoms with Crippen LogP contribution in [0.3, 0.4) is 0 Å². The fraction of sp³-hybridized carbons (Fsp3) is 0.630. The Labute approximate surface area is 216 Å². The minimum atomic E-state index is -0.715. The Kier molecular flexibility index (Phi) is 6.42. The van der Waals surface area contributed by atoms with Crippen LogP contribution in [-0.2, 0) is 21.4 Å². The van der Waals surface area contributed by atoms with Gasteiger partial charge in [-0.2, -0.15) is 0 Å². The maximum absolute atomic E-state index is 13.3. The number of rotatable bonds is 2. The number of fused-ring (bicyclic) bond motifs is 1. The Morgan fingerprint density at radius 3 is 2.49 bits per heavy atom. The van der Waals surface area contributed by atoms with Crippen molar-refractivity contribution in [2.75, 3.05) is 26.2 Å². The van der Waals surface area contributed by atoms with E-state index < -0.39 is 17.6 Å². The number of carbonyl (C=O) groups excluding carboxylic acids is 3. The van der Waals surface area contributed by atoms with Crippen LogP contribution in [0.15, 0.2) is 23.0 Å². The molecule has 4 heterocycles. The zero-order valence-corrected chi connectivity index (χ0v) is 22.1. The Balaban J connectivity index is 1.53. The number of benzene rings is 1. The lowest BCUT2D eigenvalue weighted by atomic mass is 9.62. The molecule has 3 saturated heterocycles. The summed E-state index contributed by atoms with van der Waals surface area (Å²) in [6.45, 7) is 8.73. The molecule has 0 aliphatic carbocycles. The van der Waals surface area contributed by atoms with Gasteiger partial charge in [0.2, 0.25) is 11.8 Å². The predicted molar refractivity (Wildman–Crippen MR) is 138 cm³/mol. The molecule has 37 heavy (non-hydrogen) atoms. The van der Waals surface area contributed by atoms with Crippen LogP contribution in [0, 0.1) is 5.41 Å². The molecule has 200 valence electrons. The molecular weight excluding hydrogens is 474 g/mol. The summed E-state index contributed by atoms with van der Waals surface area (Å²) in [5, 5.41) is 5.83. The van der Waals surface area contributed by atoms with Crippen LogP contribution < -0.4 is 16.3 Å². The first-order chi connectivity index (χ1) is 17.5. The molecule has 0 radical (unpaired) electrons. The Hall–Kier alpha value is -3.14. The van der Waals surface area contributed by atoms with Crippen molar-refractivity contribution in [3.8, 4) is 0 Å². The molecule has 3 aliphatic heterocycles. The normalized spacial score (nSPS) is 24.4. The minimum absolute atomic E-state index is 0.0580. The summed E-state index contributed by atoms with van der Waals surface area (Å²) in [5.41, 5.74) is 1.71. The number of carbonyl (C=O) groups is 3. The van der Waals surface area contributed by atoms with Gasteiger partial charge in [0.1, 0.15) is 11.6 Å². The first kappa shape index (κ1) is 25.5. The second kappa shape index (κ2) is 9.31. The van der Waals surface area contributed by atoms with Gasteiger partial charge in [-0.15, -0.1) is 0 Å². The molecule has 0 bridgehead atoms. The van der Waals surface area contributed by atoms with Crippen molar-refractivity contribution < 1.29 is 19.1 Å². The van der Waals surface area contributed by atoms with E-state index in [4.69, 9.17) is 4.74 Å². The number of amides is 3. The zero-order chi connectivity index (χ0) is 26.5. The number of piperidine rings is 3. The van der Waals surface area contributed by atoms with Gasteiger partial charge in [-0.25, -0.2) is 9.59 Å². The van der Waals surface area contributed by atoms with E-state index >= 15 is 0 Å². The largest absolute Gasteiger partial charge is 0.444 e. The molecule has 10 nitrogen and oxygen atoms in total. The average Bonchev–Trinajstić information content (AvgIpc) is 3.08. The van der Waals surface area contributed by atoms with Gasteiger partial charge in [0, 0.05) is 32.5 Å². The van der Waals surface area contributed by atoms with Crippen molar-refractivity contribution in [2.24, 2.45) is 12.5 Å². The van der Waals surface area contributed by atoms with Gasteiger partial charge >= 0.3 is 11.8 Å². The number of hydrogen-bond acceptors (Lipinski definition) is 6. The van der Waals surface area contributed by atoms with Crippen molar-refractivity contribution >= 4 is 28.9 Å². The van der Waals surface area contributed by atoms with E-state index in [1.54, 1.807) is 11.6 Å². The maximum Gasteiger partial charge on any atom is 0.410 e. The summed E-state index contributed by atoms with van der Waals surface area (Å²) in [4.78, 5) is 52.3. The summed E-state index contributed by atoms with van der Waals surface area (Å²) < 4.78 is 8.78. The SMILES string of the molecule is Cn1c(=O)n(C2CCC(=O)NC2=O)c2ccc(C3CN(C(=O)OC(C)(C)C)CCC34CCNCC4)cc21. The highest BCUT2D eigenvalue weighted by molar-refractivity contribution is 6.00. The number of imide groups is 1. The molecule has 2 aromatic rings. The lowest BCUT2D eigenvalue weighted by molar-refractivity contribution is -0.135. The molecule has 2 N–H and O–H groups in total. The molecule has 1 spiro atoms. The predicted octanol–water partition coefficient (Wildman–Crippen LogP) is 2.41. The maximum atomic E-state index is 13.3. The summed E-state index contributed by atoms with van der Waals surface area (Å²) >= 11 is 0. The van der Waals surface area contributed by atoms with E-state index in [0.29, 0.717) is 25.0 Å². The van der Waals surface area contributed by atoms with E-state index in [0.717, 1.165) is 43.4 Å². The first-order valence-electron chi connectivity index (χ1n) is 13.2. The molecule has 2 unspecified atom stereocenters. The molecule has 5 rings (SSSR count). The third-order valence-corrected chi connectivity index (χ3v) is 8.31. The van der Waals surface area contributed by atoms with Crippen LogP contribution >= 0.6 is 0 Å². The standard InChI is InChI=1S/C27H37N5O5/c1-26(2,3)37-25(36)31-14-11-27(9-12-28-13-10-27)18(16-31)17-5-6-19-21(15-17)30(4)24(35)32(19)20-7-8-22(33)29-23(20)34/h5-6,15,18,20,28H,7-14,16H2,1-4H3,(H,29,33,34). The molecular formula is C27H37N5O5. The highest BCUT2D eigenvalue weighted by Gasteiger charge is 2.46. The minimum Gasteiger partial charge on any atom is -0.444 e. The Morgan fingerprint density at radius 2 is 1.81 bits per heavy atom. The third-order valence-electron chi connectivity index (χ3n) is 8.31. The van der Waals surface area contributed by atoms with Gasteiger partial charge in [0.15, 0.2) is 0 Å². The van der Waals surface area contributed by atoms with Crippen LogP contribution in [0.2, 0.25) is 0 Å². The second-order valence-electron chi connectivity index (χ2n) is 11.8. The average molecular weight is 512 g/mol. The topological polar surface area (TPSA) is 115 Å². The van der Waals surface area contributed by atoms with Crippen LogP contribution in [0.4, 0.5) is 4.79 Å². The number of nitrogens with zero attached hydrogens (tertiary/aromatic N) is 3. The van der Waals surface area contributed by atoms with E-state index in [1.807, 2.05) is 43.9 Å². The monoisotopic (exact) mass is 511 g/mol. The van der Waals surface area contributed by atoms with Crippen LogP contribution in [0.1, 0.15) is 70.4 Å². The number of nitrogens with one attached hydrogen (secondary N) is 2. The fourth-order valence-corrected chi connectivity index (χ4v) is 6.34. The van der Waals surface area contributed by atoms with Crippen molar-refractivity contribution in [3.05, 3.63) is 34.2 Å². The quantitative estimate of drug-likeness (QED) is 0.599. The number of aryl methyl sites for hydroxylation is 1. The summed E-state index contributed by atoms with van der Waals surface area (Å²) in [5.74, 6) is -0.658. The summed E-state index contributed by atoms with van der Waals surface area (Å²) in [7, 11) is 1.71. The zero-order valence-electron chi connectivity index (χ0n) is 22.1. The van der Waals surface area contributed by atoms with E-state index in [1.165, 1.54) is 4.57 Å². The lowest BCUT2D eigenvalue weighted by Gasteiger charge is -2.50. The van der Waals surface area contributed by atoms with Crippen LogP contribution in [-0.4, -0.2) is 63.7 Å². The smallest absolute Gasteiger partial charge is 0.410 e.